The summed E-state index contributed by atoms with van der Waals surface area (Å²) >= 11 is 1.52. The van der Waals surface area contributed by atoms with Gasteiger partial charge in [-0.15, -0.1) is 11.3 Å². The van der Waals surface area contributed by atoms with Crippen molar-refractivity contribution in [2.75, 3.05) is 32.7 Å². The van der Waals surface area contributed by atoms with E-state index in [1.165, 1.54) is 11.3 Å². The quantitative estimate of drug-likeness (QED) is 0.855. The molecule has 0 spiro atoms. The van der Waals surface area contributed by atoms with Crippen LogP contribution in [0.15, 0.2) is 5.38 Å². The largest absolute Gasteiger partial charge is 0.481 e. The first-order valence-electron chi connectivity index (χ1n) is 6.67. The normalized spacial score (nSPS) is 16.4. The van der Waals surface area contributed by atoms with Crippen molar-refractivity contribution in [1.29, 1.82) is 0 Å². The lowest BCUT2D eigenvalue weighted by Crippen LogP contribution is -2.48. The number of hydrogen-bond acceptors (Lipinski definition) is 5. The van der Waals surface area contributed by atoms with Crippen molar-refractivity contribution in [3.63, 3.8) is 0 Å². The Morgan fingerprint density at radius 3 is 2.65 bits per heavy atom. The zero-order valence-electron chi connectivity index (χ0n) is 11.5. The molecule has 6 nitrogen and oxygen atoms in total. The number of aliphatic carboxylic acids is 1. The van der Waals surface area contributed by atoms with Crippen LogP contribution >= 0.6 is 11.3 Å². The van der Waals surface area contributed by atoms with E-state index in [9.17, 15) is 9.59 Å². The summed E-state index contributed by atoms with van der Waals surface area (Å²) in [7, 11) is 0. The Balaban J connectivity index is 1.74. The third-order valence-corrected chi connectivity index (χ3v) is 4.35. The van der Waals surface area contributed by atoms with Crippen molar-refractivity contribution in [3.05, 3.63) is 16.1 Å². The molecule has 1 aliphatic heterocycles. The molecule has 2 rings (SSSR count). The Morgan fingerprint density at radius 2 is 2.05 bits per heavy atom. The molecular weight excluding hydrogens is 278 g/mol. The first-order valence-corrected chi connectivity index (χ1v) is 7.55. The van der Waals surface area contributed by atoms with Gasteiger partial charge in [-0.05, 0) is 0 Å². The minimum Gasteiger partial charge on any atom is -0.481 e. The van der Waals surface area contributed by atoms with Crippen LogP contribution in [0, 0.1) is 0 Å². The van der Waals surface area contributed by atoms with Gasteiger partial charge in [0.15, 0.2) is 0 Å². The average Bonchev–Trinajstić information content (AvgIpc) is 2.83. The fraction of sp³-hybridized carbons (Fsp3) is 0.615. The molecule has 0 bridgehead atoms. The van der Waals surface area contributed by atoms with Gasteiger partial charge in [-0.25, -0.2) is 4.98 Å². The van der Waals surface area contributed by atoms with Crippen molar-refractivity contribution >= 4 is 23.2 Å². The standard InChI is InChI=1S/C13H19N3O3S/c1-10(17)16-6-4-15(5-7-16)3-2-12-14-11(9-20-12)8-13(18)19/h9H,2-8H2,1H3,(H,18,19). The van der Waals surface area contributed by atoms with Gasteiger partial charge in [0.2, 0.25) is 5.91 Å². The van der Waals surface area contributed by atoms with Crippen molar-refractivity contribution in [3.8, 4) is 0 Å². The fourth-order valence-electron chi connectivity index (χ4n) is 2.24. The maximum atomic E-state index is 11.2. The molecule has 1 amide bonds. The summed E-state index contributed by atoms with van der Waals surface area (Å²) in [5.41, 5.74) is 0.638. The smallest absolute Gasteiger partial charge is 0.309 e. The van der Waals surface area contributed by atoms with Crippen LogP contribution in [-0.4, -0.2) is 64.5 Å². The molecule has 0 aliphatic carbocycles. The molecule has 110 valence electrons. The van der Waals surface area contributed by atoms with E-state index < -0.39 is 5.97 Å². The van der Waals surface area contributed by atoms with Crippen LogP contribution in [0.4, 0.5) is 0 Å². The van der Waals surface area contributed by atoms with E-state index in [-0.39, 0.29) is 12.3 Å². The molecule has 20 heavy (non-hydrogen) atoms. The summed E-state index contributed by atoms with van der Waals surface area (Å²) in [6.07, 6.45) is 0.831. The van der Waals surface area contributed by atoms with Gasteiger partial charge in [0.1, 0.15) is 0 Å². The van der Waals surface area contributed by atoms with Gasteiger partial charge in [-0.2, -0.15) is 0 Å². The van der Waals surface area contributed by atoms with E-state index in [1.54, 1.807) is 6.92 Å². The predicted molar refractivity (Wildman–Crippen MR) is 75.9 cm³/mol. The highest BCUT2D eigenvalue weighted by atomic mass is 32.1. The summed E-state index contributed by atoms with van der Waals surface area (Å²) in [6.45, 7) is 5.88. The lowest BCUT2D eigenvalue weighted by Gasteiger charge is -2.33. The van der Waals surface area contributed by atoms with E-state index >= 15 is 0 Å². The molecule has 0 atom stereocenters. The molecule has 1 aromatic rings. The first kappa shape index (κ1) is 14.9. The summed E-state index contributed by atoms with van der Waals surface area (Å²) in [5, 5.41) is 11.5. The summed E-state index contributed by atoms with van der Waals surface area (Å²) in [6, 6.07) is 0. The average molecular weight is 297 g/mol. The van der Waals surface area contributed by atoms with Crippen molar-refractivity contribution in [2.45, 2.75) is 19.8 Å². The number of thiazole rings is 1. The number of carboxylic acid groups (broad SMARTS) is 1. The highest BCUT2D eigenvalue weighted by Gasteiger charge is 2.18. The molecule has 2 heterocycles. The third kappa shape index (κ3) is 4.28. The monoisotopic (exact) mass is 297 g/mol. The number of aromatic nitrogens is 1. The van der Waals surface area contributed by atoms with Gasteiger partial charge in [-0.3, -0.25) is 14.5 Å². The molecule has 0 unspecified atom stereocenters. The van der Waals surface area contributed by atoms with Gasteiger partial charge < -0.3 is 10.0 Å². The van der Waals surface area contributed by atoms with Crippen LogP contribution in [0.25, 0.3) is 0 Å². The Bertz CT molecular complexity index is 481. The second-order valence-corrected chi connectivity index (χ2v) is 5.84. The minimum atomic E-state index is -0.845. The van der Waals surface area contributed by atoms with E-state index in [0.717, 1.165) is 44.2 Å². The predicted octanol–water partition coefficient (Wildman–Crippen LogP) is 0.477. The van der Waals surface area contributed by atoms with Gasteiger partial charge in [0, 0.05) is 51.4 Å². The second kappa shape index (κ2) is 6.81. The lowest BCUT2D eigenvalue weighted by atomic mass is 10.3. The first-order chi connectivity index (χ1) is 9.54. The van der Waals surface area contributed by atoms with Gasteiger partial charge in [0.05, 0.1) is 17.1 Å². The number of piperazine rings is 1. The molecule has 1 fully saturated rings. The maximum Gasteiger partial charge on any atom is 0.309 e. The summed E-state index contributed by atoms with van der Waals surface area (Å²) in [5.74, 6) is -0.704. The Morgan fingerprint density at radius 1 is 1.35 bits per heavy atom. The zero-order valence-corrected chi connectivity index (χ0v) is 12.4. The number of carbonyl (C=O) groups excluding carboxylic acids is 1. The zero-order chi connectivity index (χ0) is 14.5. The van der Waals surface area contributed by atoms with Crippen molar-refractivity contribution in [1.82, 2.24) is 14.8 Å². The van der Waals surface area contributed by atoms with E-state index in [0.29, 0.717) is 5.69 Å². The van der Waals surface area contributed by atoms with Crippen LogP contribution in [0.2, 0.25) is 0 Å². The minimum absolute atomic E-state index is 0.00616. The molecule has 1 N–H and O–H groups in total. The van der Waals surface area contributed by atoms with Crippen LogP contribution in [0.1, 0.15) is 17.6 Å². The van der Waals surface area contributed by atoms with Gasteiger partial charge >= 0.3 is 5.97 Å². The Labute approximate surface area is 122 Å². The van der Waals surface area contributed by atoms with Crippen LogP contribution in [0.5, 0.6) is 0 Å². The highest BCUT2D eigenvalue weighted by molar-refractivity contribution is 7.09. The van der Waals surface area contributed by atoms with Crippen LogP contribution in [0.3, 0.4) is 0 Å². The molecule has 0 saturated carbocycles. The fourth-order valence-corrected chi connectivity index (χ4v) is 3.03. The van der Waals surface area contributed by atoms with E-state index in [2.05, 4.69) is 9.88 Å². The SMILES string of the molecule is CC(=O)N1CCN(CCc2nc(CC(=O)O)cs2)CC1. The molecule has 1 saturated heterocycles. The topological polar surface area (TPSA) is 73.7 Å². The van der Waals surface area contributed by atoms with Crippen molar-refractivity contribution < 1.29 is 14.7 Å². The molecule has 0 aromatic carbocycles. The number of amides is 1. The number of carbonyl (C=O) groups is 2. The van der Waals surface area contributed by atoms with Crippen molar-refractivity contribution in [2.24, 2.45) is 0 Å². The van der Waals surface area contributed by atoms with E-state index in [4.69, 9.17) is 5.11 Å². The number of nitrogens with zero attached hydrogens (tertiary/aromatic N) is 3. The summed E-state index contributed by atoms with van der Waals surface area (Å²) in [4.78, 5) is 30.3. The Hall–Kier alpha value is -1.47. The summed E-state index contributed by atoms with van der Waals surface area (Å²) < 4.78 is 0. The number of rotatable bonds is 5. The molecule has 0 radical (unpaired) electrons. The van der Waals surface area contributed by atoms with Crippen LogP contribution < -0.4 is 0 Å². The molecule has 1 aliphatic rings. The lowest BCUT2D eigenvalue weighted by molar-refractivity contribution is -0.136. The number of carboxylic acids is 1. The third-order valence-electron chi connectivity index (χ3n) is 3.39. The number of hydrogen-bond donors (Lipinski definition) is 1. The molecule has 7 heteroatoms. The van der Waals surface area contributed by atoms with Gasteiger partial charge in [0.25, 0.3) is 0 Å². The molecular formula is C13H19N3O3S. The maximum absolute atomic E-state index is 11.2. The van der Waals surface area contributed by atoms with Crippen LogP contribution in [-0.2, 0) is 22.4 Å². The Kier molecular flexibility index (Phi) is 5.08. The second-order valence-electron chi connectivity index (χ2n) is 4.90. The highest BCUT2D eigenvalue weighted by Crippen LogP contribution is 2.12. The molecule has 1 aromatic heterocycles. The van der Waals surface area contributed by atoms with E-state index in [1.807, 2.05) is 10.3 Å². The van der Waals surface area contributed by atoms with Gasteiger partial charge in [-0.1, -0.05) is 0 Å².